The maximum Gasteiger partial charge on any atom is 0.491 e. The second-order valence-corrected chi connectivity index (χ2v) is 28.2. The second-order valence-electron chi connectivity index (χ2n) is 13.4. The van der Waals surface area contributed by atoms with Gasteiger partial charge in [0.15, 0.2) is 0 Å². The van der Waals surface area contributed by atoms with Gasteiger partial charge < -0.3 is 34.2 Å². The monoisotopic (exact) mass is 584 g/mol. The van der Waals surface area contributed by atoms with Gasteiger partial charge in [-0.2, -0.15) is 0 Å². The second kappa shape index (κ2) is 11.6. The zero-order valence-corrected chi connectivity index (χ0v) is 30.1. The van der Waals surface area contributed by atoms with Gasteiger partial charge in [0.05, 0.1) is 0 Å². The summed E-state index contributed by atoms with van der Waals surface area (Å²) in [5, 5.41) is -2.03. The summed E-state index contributed by atoms with van der Waals surface area (Å²) in [6, 6.07) is 0. The Hall–Kier alpha value is 0.548. The summed E-state index contributed by atoms with van der Waals surface area (Å²) in [6.07, 6.45) is 0. The highest BCUT2D eigenvalue weighted by molar-refractivity contribution is 6.92. The number of hydrogen-bond acceptors (Lipinski definition) is 8. The fourth-order valence-corrected chi connectivity index (χ4v) is 26.6. The van der Waals surface area contributed by atoms with Gasteiger partial charge in [0.1, 0.15) is 0 Å². The molecule has 0 atom stereocenters. The molecular formula is C24H56O8Si4. The number of hydrogen-bond donors (Lipinski definition) is 0. The first-order chi connectivity index (χ1) is 16.1. The summed E-state index contributed by atoms with van der Waals surface area (Å²) in [4.78, 5) is 0. The van der Waals surface area contributed by atoms with E-state index in [0.29, 0.717) is 26.4 Å². The van der Waals surface area contributed by atoms with Gasteiger partial charge >= 0.3 is 35.2 Å². The van der Waals surface area contributed by atoms with Gasteiger partial charge in [0.2, 0.25) is 0 Å². The van der Waals surface area contributed by atoms with E-state index in [-0.39, 0.29) is 0 Å². The van der Waals surface area contributed by atoms with Crippen LogP contribution in [0.15, 0.2) is 0 Å². The molecule has 0 spiro atoms. The zero-order chi connectivity index (χ0) is 28.5. The lowest BCUT2D eigenvalue weighted by Gasteiger charge is -2.58. The van der Waals surface area contributed by atoms with Crippen molar-refractivity contribution in [2.45, 2.75) is 131 Å². The first kappa shape index (κ1) is 34.6. The molecule has 0 aromatic rings. The standard InChI is InChI=1S/C24H56O8Si4/c1-17-25-33(21(5,6)7)29-34(26-18-2,22(8,9)10)31-36(28-20-4,24(14,15)16)32-35(30-33,27-19-3)23(11,12)13/h17-20H2,1-16H3. The van der Waals surface area contributed by atoms with E-state index in [1.165, 1.54) is 0 Å². The average Bonchev–Trinajstić information content (AvgIpc) is 2.63. The van der Waals surface area contributed by atoms with Gasteiger partial charge in [-0.05, 0) is 27.7 Å². The lowest BCUT2D eigenvalue weighted by molar-refractivity contribution is -0.0125. The van der Waals surface area contributed by atoms with Crippen molar-refractivity contribution < 1.29 is 34.2 Å². The normalized spacial score (nSPS) is 33.3. The van der Waals surface area contributed by atoms with Crippen molar-refractivity contribution in [2.24, 2.45) is 0 Å². The molecule has 0 aliphatic carbocycles. The van der Waals surface area contributed by atoms with Crippen LogP contribution in [0.3, 0.4) is 0 Å². The molecule has 216 valence electrons. The van der Waals surface area contributed by atoms with Crippen LogP contribution in [-0.4, -0.2) is 61.6 Å². The lowest BCUT2D eigenvalue weighted by Crippen LogP contribution is -2.79. The minimum Gasteiger partial charge on any atom is -0.374 e. The predicted molar refractivity (Wildman–Crippen MR) is 153 cm³/mol. The zero-order valence-electron chi connectivity index (χ0n) is 26.1. The molecule has 0 aromatic carbocycles. The molecule has 0 radical (unpaired) electrons. The van der Waals surface area contributed by atoms with Gasteiger partial charge in [0, 0.05) is 46.6 Å². The largest absolute Gasteiger partial charge is 0.491 e. The molecule has 1 aliphatic rings. The van der Waals surface area contributed by atoms with Crippen LogP contribution in [0.5, 0.6) is 0 Å². The topological polar surface area (TPSA) is 73.8 Å². The summed E-state index contributed by atoms with van der Waals surface area (Å²) in [7, 11) is -14.3. The van der Waals surface area contributed by atoms with Gasteiger partial charge in [-0.25, -0.2) is 0 Å². The number of rotatable bonds is 8. The van der Waals surface area contributed by atoms with Crippen molar-refractivity contribution in [1.29, 1.82) is 0 Å². The van der Waals surface area contributed by atoms with Crippen LogP contribution in [0.25, 0.3) is 0 Å². The molecule has 36 heavy (non-hydrogen) atoms. The molecule has 0 unspecified atom stereocenters. The molecule has 1 saturated heterocycles. The third-order valence-electron chi connectivity index (χ3n) is 6.09. The fraction of sp³-hybridized carbons (Fsp3) is 1.00. The van der Waals surface area contributed by atoms with Crippen molar-refractivity contribution in [1.82, 2.24) is 0 Å². The van der Waals surface area contributed by atoms with Crippen molar-refractivity contribution in [2.75, 3.05) is 26.4 Å². The Labute approximate surface area is 226 Å². The van der Waals surface area contributed by atoms with E-state index in [1.54, 1.807) is 0 Å². The summed E-state index contributed by atoms with van der Waals surface area (Å²) >= 11 is 0. The fourth-order valence-electron chi connectivity index (χ4n) is 3.88. The minimum atomic E-state index is -3.59. The quantitative estimate of drug-likeness (QED) is 0.278. The van der Waals surface area contributed by atoms with Crippen molar-refractivity contribution >= 4 is 35.2 Å². The lowest BCUT2D eigenvalue weighted by atomic mass is 10.3. The van der Waals surface area contributed by atoms with Crippen LogP contribution in [-0.2, 0) is 34.2 Å². The molecule has 1 fully saturated rings. The molecule has 0 N–H and O–H groups in total. The van der Waals surface area contributed by atoms with E-state index in [0.717, 1.165) is 0 Å². The Kier molecular flexibility index (Phi) is 11.1. The van der Waals surface area contributed by atoms with Crippen LogP contribution < -0.4 is 0 Å². The van der Waals surface area contributed by atoms with E-state index < -0.39 is 55.4 Å². The molecule has 12 heteroatoms. The van der Waals surface area contributed by atoms with Crippen LogP contribution in [0.1, 0.15) is 111 Å². The highest BCUT2D eigenvalue weighted by Gasteiger charge is 2.77. The Morgan fingerprint density at radius 1 is 0.361 bits per heavy atom. The van der Waals surface area contributed by atoms with Crippen molar-refractivity contribution in [3.05, 3.63) is 0 Å². The van der Waals surface area contributed by atoms with E-state index in [1.807, 2.05) is 27.7 Å². The molecule has 8 nitrogen and oxygen atoms in total. The smallest absolute Gasteiger partial charge is 0.374 e. The highest BCUT2D eigenvalue weighted by Crippen LogP contribution is 2.56. The third-order valence-corrected chi connectivity index (χ3v) is 24.7. The average molecular weight is 585 g/mol. The molecule has 0 amide bonds. The Morgan fingerprint density at radius 3 is 0.583 bits per heavy atom. The Morgan fingerprint density at radius 2 is 0.500 bits per heavy atom. The maximum absolute atomic E-state index is 7.29. The molecular weight excluding hydrogens is 529 g/mol. The SMILES string of the molecule is CCO[Si]1(C(C)(C)C)O[Si](OCC)(C(C)(C)C)O[Si](OCC)(C(C)(C)C)O[Si](OCC)(C(C)(C)C)O1. The van der Waals surface area contributed by atoms with E-state index in [9.17, 15) is 0 Å². The van der Waals surface area contributed by atoms with E-state index >= 15 is 0 Å². The summed E-state index contributed by atoms with van der Waals surface area (Å²) in [6.45, 7) is 34.6. The molecule has 0 aromatic heterocycles. The van der Waals surface area contributed by atoms with Crippen molar-refractivity contribution in [3.8, 4) is 0 Å². The van der Waals surface area contributed by atoms with E-state index in [4.69, 9.17) is 34.2 Å². The molecule has 0 bridgehead atoms. The van der Waals surface area contributed by atoms with Crippen LogP contribution in [0.4, 0.5) is 0 Å². The Bertz CT molecular complexity index is 579. The minimum absolute atomic E-state index is 0.415. The first-order valence-electron chi connectivity index (χ1n) is 13.4. The summed E-state index contributed by atoms with van der Waals surface area (Å²) in [5.41, 5.74) is 0. The molecule has 1 rings (SSSR count). The van der Waals surface area contributed by atoms with Gasteiger partial charge in [-0.1, -0.05) is 83.1 Å². The Balaban J connectivity index is 4.27. The van der Waals surface area contributed by atoms with Crippen LogP contribution >= 0.6 is 0 Å². The van der Waals surface area contributed by atoms with E-state index in [2.05, 4.69) is 83.1 Å². The maximum atomic E-state index is 7.29. The van der Waals surface area contributed by atoms with Gasteiger partial charge in [-0.15, -0.1) is 0 Å². The first-order valence-corrected chi connectivity index (χ1v) is 20.3. The summed E-state index contributed by atoms with van der Waals surface area (Å²) < 4.78 is 55.5. The highest BCUT2D eigenvalue weighted by atomic mass is 28.6. The third kappa shape index (κ3) is 6.64. The molecule has 0 saturated carbocycles. The molecule has 1 aliphatic heterocycles. The summed E-state index contributed by atoms with van der Waals surface area (Å²) in [5.74, 6) is 0. The van der Waals surface area contributed by atoms with Gasteiger partial charge in [-0.3, -0.25) is 0 Å². The molecule has 1 heterocycles. The van der Waals surface area contributed by atoms with Crippen LogP contribution in [0, 0.1) is 0 Å². The van der Waals surface area contributed by atoms with Crippen molar-refractivity contribution in [3.63, 3.8) is 0 Å². The van der Waals surface area contributed by atoms with Crippen LogP contribution in [0.2, 0.25) is 20.2 Å². The van der Waals surface area contributed by atoms with Gasteiger partial charge in [0.25, 0.3) is 0 Å². The predicted octanol–water partition coefficient (Wildman–Crippen LogP) is 7.17.